The molecule has 3 N–H and O–H groups in total. The molecule has 23 heavy (non-hydrogen) atoms. The van der Waals surface area contributed by atoms with Crippen LogP contribution < -0.4 is 9.80 Å². The number of nitrogens with one attached hydrogen (secondary N) is 2. The average Bonchev–Trinajstić information content (AvgIpc) is 2.60. The van der Waals surface area contributed by atoms with Gasteiger partial charge in [-0.05, 0) is 16.8 Å². The zero-order valence-electron chi connectivity index (χ0n) is 13.8. The molecule has 4 heteroatoms. The molecule has 0 bridgehead atoms. The Hall–Kier alpha value is -1.46. The van der Waals surface area contributed by atoms with Gasteiger partial charge in [0.15, 0.2) is 0 Å². The number of fused-ring (bicyclic) bond motifs is 1. The highest BCUT2D eigenvalue weighted by atomic mass is 16.5. The molecule has 124 valence electrons. The highest BCUT2D eigenvalue weighted by Gasteiger charge is 2.22. The Balaban J connectivity index is 1.46. The Labute approximate surface area is 138 Å². The lowest BCUT2D eigenvalue weighted by Gasteiger charge is -2.29. The summed E-state index contributed by atoms with van der Waals surface area (Å²) in [5, 5.41) is 11.4. The largest absolute Gasteiger partial charge is 0.394 e. The number of rotatable bonds is 7. The summed E-state index contributed by atoms with van der Waals surface area (Å²) in [5.41, 5.74) is 1.44. The molecule has 1 heterocycles. The first-order valence-electron chi connectivity index (χ1n) is 8.68. The summed E-state index contributed by atoms with van der Waals surface area (Å²) < 4.78 is 5.37. The van der Waals surface area contributed by atoms with Gasteiger partial charge in [-0.1, -0.05) is 36.4 Å². The van der Waals surface area contributed by atoms with Crippen molar-refractivity contribution >= 4 is 10.8 Å². The summed E-state index contributed by atoms with van der Waals surface area (Å²) in [5.74, 6) is 0. The van der Waals surface area contributed by atoms with Gasteiger partial charge < -0.3 is 19.6 Å². The number of hydrogen-bond acceptors (Lipinski definition) is 2. The normalized spacial score (nSPS) is 21.6. The molecule has 0 atom stereocenters. The van der Waals surface area contributed by atoms with Crippen LogP contribution in [0.2, 0.25) is 0 Å². The quantitative estimate of drug-likeness (QED) is 0.581. The fourth-order valence-corrected chi connectivity index (χ4v) is 3.40. The van der Waals surface area contributed by atoms with Crippen LogP contribution in [0.4, 0.5) is 0 Å². The zero-order chi connectivity index (χ0) is 15.9. The topological polar surface area (TPSA) is 38.3 Å². The van der Waals surface area contributed by atoms with Crippen molar-refractivity contribution in [1.29, 1.82) is 0 Å². The van der Waals surface area contributed by atoms with E-state index in [9.17, 15) is 0 Å². The number of aliphatic hydroxyl groups is 1. The van der Waals surface area contributed by atoms with Gasteiger partial charge in [0.05, 0.1) is 19.8 Å². The number of hydrogen-bond donors (Lipinski definition) is 3. The van der Waals surface area contributed by atoms with E-state index in [0.717, 1.165) is 19.7 Å². The van der Waals surface area contributed by atoms with Gasteiger partial charge in [-0.2, -0.15) is 0 Å². The Morgan fingerprint density at radius 1 is 0.870 bits per heavy atom. The molecule has 0 aromatic heterocycles. The summed E-state index contributed by atoms with van der Waals surface area (Å²) in [6.07, 6.45) is 0. The number of quaternary nitrogens is 2. The molecule has 2 aromatic rings. The van der Waals surface area contributed by atoms with Crippen molar-refractivity contribution in [3.05, 3.63) is 48.0 Å². The first kappa shape index (κ1) is 16.4. The predicted octanol–water partition coefficient (Wildman–Crippen LogP) is -0.868. The van der Waals surface area contributed by atoms with Gasteiger partial charge in [0.1, 0.15) is 39.3 Å². The molecule has 0 radical (unpaired) electrons. The van der Waals surface area contributed by atoms with E-state index >= 15 is 0 Å². The van der Waals surface area contributed by atoms with Crippen molar-refractivity contribution in [3.8, 4) is 0 Å². The maximum atomic E-state index is 8.71. The molecule has 4 nitrogen and oxygen atoms in total. The molecule has 2 aromatic carbocycles. The zero-order valence-corrected chi connectivity index (χ0v) is 13.8. The number of benzene rings is 2. The Morgan fingerprint density at radius 3 is 2.39 bits per heavy atom. The van der Waals surface area contributed by atoms with Gasteiger partial charge in [-0.3, -0.25) is 0 Å². The third kappa shape index (κ3) is 4.75. The summed E-state index contributed by atoms with van der Waals surface area (Å²) >= 11 is 0. The monoisotopic (exact) mass is 316 g/mol. The molecule has 0 aliphatic carbocycles. The maximum Gasteiger partial charge on any atom is 0.127 e. The van der Waals surface area contributed by atoms with E-state index in [1.165, 1.54) is 42.5 Å². The van der Waals surface area contributed by atoms with Gasteiger partial charge in [0.25, 0.3) is 0 Å². The molecule has 0 unspecified atom stereocenters. The van der Waals surface area contributed by atoms with Crippen molar-refractivity contribution in [2.45, 2.75) is 6.54 Å². The third-order valence-electron chi connectivity index (χ3n) is 4.77. The van der Waals surface area contributed by atoms with Gasteiger partial charge >= 0.3 is 0 Å². The van der Waals surface area contributed by atoms with Crippen LogP contribution in [-0.2, 0) is 11.3 Å². The first-order valence-corrected chi connectivity index (χ1v) is 8.68. The number of aliphatic hydroxyl groups excluding tert-OH is 1. The van der Waals surface area contributed by atoms with Crippen molar-refractivity contribution in [3.63, 3.8) is 0 Å². The summed E-state index contributed by atoms with van der Waals surface area (Å²) in [4.78, 5) is 3.31. The lowest BCUT2D eigenvalue weighted by atomic mass is 10.1. The summed E-state index contributed by atoms with van der Waals surface area (Å²) in [6, 6.07) is 15.4. The molecule has 0 amide bonds. The summed E-state index contributed by atoms with van der Waals surface area (Å²) in [7, 11) is 0. The van der Waals surface area contributed by atoms with Crippen molar-refractivity contribution < 1.29 is 19.6 Å². The van der Waals surface area contributed by atoms with Crippen molar-refractivity contribution in [1.82, 2.24) is 0 Å². The highest BCUT2D eigenvalue weighted by molar-refractivity contribution is 5.82. The minimum absolute atomic E-state index is 0.124. The van der Waals surface area contributed by atoms with E-state index in [2.05, 4.69) is 42.5 Å². The molecule has 1 fully saturated rings. The lowest BCUT2D eigenvalue weighted by molar-refractivity contribution is -1.02. The smallest absolute Gasteiger partial charge is 0.127 e. The van der Waals surface area contributed by atoms with Gasteiger partial charge in [-0.15, -0.1) is 0 Å². The first-order chi connectivity index (χ1) is 11.3. The van der Waals surface area contributed by atoms with Gasteiger partial charge in [-0.25, -0.2) is 0 Å². The molecule has 1 aliphatic heterocycles. The van der Waals surface area contributed by atoms with E-state index in [1.807, 2.05) is 0 Å². The maximum absolute atomic E-state index is 8.71. The number of piperazine rings is 1. The molecule has 1 saturated heterocycles. The Kier molecular flexibility index (Phi) is 6.00. The highest BCUT2D eigenvalue weighted by Crippen LogP contribution is 2.14. The Morgan fingerprint density at radius 2 is 1.61 bits per heavy atom. The predicted molar refractivity (Wildman–Crippen MR) is 91.8 cm³/mol. The fraction of sp³-hybridized carbons (Fsp3) is 0.474. The second-order valence-electron chi connectivity index (χ2n) is 6.44. The van der Waals surface area contributed by atoms with E-state index in [4.69, 9.17) is 9.84 Å². The SMILES string of the molecule is OCCOCC[NH+]1CC[NH+](Cc2ccc3ccccc3c2)CC1. The van der Waals surface area contributed by atoms with Crippen LogP contribution in [0.3, 0.4) is 0 Å². The second kappa shape index (κ2) is 8.41. The van der Waals surface area contributed by atoms with Crippen LogP contribution in [0.25, 0.3) is 10.8 Å². The standard InChI is InChI=1S/C19H26N2O2/c22-12-14-23-13-11-20-7-9-21(10-8-20)16-17-5-6-18-3-1-2-4-19(18)15-17/h1-6,15,22H,7-14,16H2/p+2. The van der Waals surface area contributed by atoms with E-state index in [1.54, 1.807) is 9.80 Å². The van der Waals surface area contributed by atoms with Crippen LogP contribution in [0.5, 0.6) is 0 Å². The van der Waals surface area contributed by atoms with Crippen LogP contribution in [0.1, 0.15) is 5.56 Å². The van der Waals surface area contributed by atoms with Gasteiger partial charge in [0.2, 0.25) is 0 Å². The molecule has 0 saturated carbocycles. The number of ether oxygens (including phenoxy) is 1. The lowest BCUT2D eigenvalue weighted by Crippen LogP contribution is -3.27. The van der Waals surface area contributed by atoms with E-state index in [-0.39, 0.29) is 6.61 Å². The van der Waals surface area contributed by atoms with Gasteiger partial charge in [0, 0.05) is 5.56 Å². The van der Waals surface area contributed by atoms with E-state index < -0.39 is 0 Å². The van der Waals surface area contributed by atoms with Crippen LogP contribution in [-0.4, -0.2) is 57.7 Å². The third-order valence-corrected chi connectivity index (χ3v) is 4.77. The van der Waals surface area contributed by atoms with Crippen molar-refractivity contribution in [2.75, 3.05) is 52.5 Å². The minimum atomic E-state index is 0.124. The average molecular weight is 316 g/mol. The molecular weight excluding hydrogens is 288 g/mol. The summed E-state index contributed by atoms with van der Waals surface area (Å²) in [6.45, 7) is 8.41. The van der Waals surface area contributed by atoms with Crippen molar-refractivity contribution in [2.24, 2.45) is 0 Å². The molecule has 3 rings (SSSR count). The van der Waals surface area contributed by atoms with Crippen LogP contribution in [0, 0.1) is 0 Å². The van der Waals surface area contributed by atoms with E-state index in [0.29, 0.717) is 6.61 Å². The molecular formula is C19H28N2O2+2. The van der Waals surface area contributed by atoms with Crippen LogP contribution in [0.15, 0.2) is 42.5 Å². The Bertz CT molecular complexity index is 609. The minimum Gasteiger partial charge on any atom is -0.394 e. The molecule has 1 aliphatic rings. The van der Waals surface area contributed by atoms with Crippen LogP contribution >= 0.6 is 0 Å². The second-order valence-corrected chi connectivity index (χ2v) is 6.44. The fourth-order valence-electron chi connectivity index (χ4n) is 3.40. The molecule has 0 spiro atoms.